The number of carbonyl (C=O) groups is 1. The summed E-state index contributed by atoms with van der Waals surface area (Å²) in [5.41, 5.74) is 2.07. The predicted octanol–water partition coefficient (Wildman–Crippen LogP) is 3.55. The van der Waals surface area contributed by atoms with Gasteiger partial charge in [0.25, 0.3) is 0 Å². The molecule has 0 aliphatic carbocycles. The van der Waals surface area contributed by atoms with E-state index in [1.54, 1.807) is 0 Å². The number of aromatic nitrogens is 1. The zero-order chi connectivity index (χ0) is 14.7. The van der Waals surface area contributed by atoms with Gasteiger partial charge in [-0.2, -0.15) is 0 Å². The summed E-state index contributed by atoms with van der Waals surface area (Å²) in [7, 11) is 0. The van der Waals surface area contributed by atoms with Gasteiger partial charge in [-0.25, -0.2) is 0 Å². The molecule has 1 amide bonds. The Bertz CT molecular complexity index is 632. The summed E-state index contributed by atoms with van der Waals surface area (Å²) in [6.07, 6.45) is 6.44. The maximum absolute atomic E-state index is 12.3. The van der Waals surface area contributed by atoms with Crippen molar-refractivity contribution in [1.82, 2.24) is 9.88 Å². The van der Waals surface area contributed by atoms with Crippen LogP contribution >= 0.6 is 12.4 Å². The lowest BCUT2D eigenvalue weighted by molar-refractivity contribution is -0.118. The lowest BCUT2D eigenvalue weighted by Crippen LogP contribution is -2.43. The van der Waals surface area contributed by atoms with Crippen molar-refractivity contribution in [1.29, 1.82) is 0 Å². The third-order valence-electron chi connectivity index (χ3n) is 4.13. The molecule has 0 spiro atoms. The molecule has 1 aromatic heterocycles. The molecular weight excluding hydrogens is 298 g/mol. The number of fused-ring (bicyclic) bond motifs is 1. The van der Waals surface area contributed by atoms with Gasteiger partial charge in [0.05, 0.1) is 11.6 Å². The zero-order valence-electron chi connectivity index (χ0n) is 13.0. The molecule has 1 aromatic carbocycles. The maximum atomic E-state index is 12.3. The van der Waals surface area contributed by atoms with Crippen LogP contribution in [0.5, 0.6) is 0 Å². The van der Waals surface area contributed by atoms with Gasteiger partial charge in [0, 0.05) is 18.4 Å². The van der Waals surface area contributed by atoms with E-state index in [1.165, 1.54) is 17.3 Å². The van der Waals surface area contributed by atoms with Crippen molar-refractivity contribution in [2.24, 2.45) is 0 Å². The number of rotatable bonds is 4. The van der Waals surface area contributed by atoms with Gasteiger partial charge in [-0.1, -0.05) is 19.4 Å². The zero-order valence-corrected chi connectivity index (χ0v) is 13.8. The summed E-state index contributed by atoms with van der Waals surface area (Å²) in [6.45, 7) is 4.12. The Labute approximate surface area is 137 Å². The minimum atomic E-state index is -0.0446. The number of nitrogens with zero attached hydrogens (tertiary/aromatic N) is 1. The minimum absolute atomic E-state index is 0. The van der Waals surface area contributed by atoms with Crippen molar-refractivity contribution in [3.8, 4) is 0 Å². The smallest absolute Gasteiger partial charge is 0.241 e. The standard InChI is InChI=1S/C17H23N3O.ClH/c1-2-10-20-11-8-13-6-7-14(12-16(13)20)19-17(21)15-5-3-4-9-18-15;/h6-8,11-12,15,18H,2-5,9-10H2,1H3,(H,19,21);1H. The van der Waals surface area contributed by atoms with Crippen LogP contribution in [0.4, 0.5) is 5.69 Å². The highest BCUT2D eigenvalue weighted by Gasteiger charge is 2.20. The van der Waals surface area contributed by atoms with E-state index in [0.717, 1.165) is 38.0 Å². The maximum Gasteiger partial charge on any atom is 0.241 e. The van der Waals surface area contributed by atoms with Gasteiger partial charge >= 0.3 is 0 Å². The SMILES string of the molecule is CCCn1ccc2ccc(NC(=O)C3CCCCN3)cc21.Cl. The number of piperidine rings is 1. The van der Waals surface area contributed by atoms with Crippen molar-refractivity contribution in [2.45, 2.75) is 45.2 Å². The summed E-state index contributed by atoms with van der Waals surface area (Å²) in [5.74, 6) is 0.0858. The molecule has 0 radical (unpaired) electrons. The topological polar surface area (TPSA) is 46.1 Å². The van der Waals surface area contributed by atoms with Crippen molar-refractivity contribution < 1.29 is 4.79 Å². The third-order valence-corrected chi connectivity index (χ3v) is 4.13. The Balaban J connectivity index is 0.00000176. The molecule has 1 fully saturated rings. The van der Waals surface area contributed by atoms with Crippen LogP contribution in [-0.4, -0.2) is 23.1 Å². The summed E-state index contributed by atoms with van der Waals surface area (Å²) in [5, 5.41) is 7.55. The van der Waals surface area contributed by atoms with Gasteiger partial charge in [0.1, 0.15) is 0 Å². The number of hydrogen-bond acceptors (Lipinski definition) is 2. The second kappa shape index (κ2) is 7.65. The molecule has 1 aliphatic rings. The number of carbonyl (C=O) groups excluding carboxylic acids is 1. The highest BCUT2D eigenvalue weighted by molar-refractivity contribution is 5.96. The number of amides is 1. The van der Waals surface area contributed by atoms with E-state index in [0.29, 0.717) is 0 Å². The number of aryl methyl sites for hydroxylation is 1. The summed E-state index contributed by atoms with van der Waals surface area (Å²) >= 11 is 0. The van der Waals surface area contributed by atoms with Gasteiger partial charge in [-0.05, 0) is 49.4 Å². The average Bonchev–Trinajstić information content (AvgIpc) is 2.91. The molecule has 5 heteroatoms. The fourth-order valence-electron chi connectivity index (χ4n) is 3.00. The molecule has 2 N–H and O–H groups in total. The van der Waals surface area contributed by atoms with Gasteiger partial charge in [-0.3, -0.25) is 4.79 Å². The number of benzene rings is 1. The fourth-order valence-corrected chi connectivity index (χ4v) is 3.00. The van der Waals surface area contributed by atoms with Crippen LogP contribution in [0, 0.1) is 0 Å². The second-order valence-corrected chi connectivity index (χ2v) is 5.77. The molecule has 1 saturated heterocycles. The van der Waals surface area contributed by atoms with E-state index in [1.807, 2.05) is 6.07 Å². The first kappa shape index (κ1) is 16.8. The molecule has 3 rings (SSSR count). The average molecular weight is 322 g/mol. The molecule has 1 aliphatic heterocycles. The molecule has 120 valence electrons. The lowest BCUT2D eigenvalue weighted by Gasteiger charge is -2.22. The molecule has 1 unspecified atom stereocenters. The first-order valence-electron chi connectivity index (χ1n) is 7.91. The lowest BCUT2D eigenvalue weighted by atomic mass is 10.0. The quantitative estimate of drug-likeness (QED) is 0.904. The third kappa shape index (κ3) is 3.62. The van der Waals surface area contributed by atoms with Crippen molar-refractivity contribution in [3.63, 3.8) is 0 Å². The largest absolute Gasteiger partial charge is 0.347 e. The molecular formula is C17H24ClN3O. The predicted molar refractivity (Wildman–Crippen MR) is 93.7 cm³/mol. The molecule has 0 saturated carbocycles. The van der Waals surface area contributed by atoms with Crippen molar-refractivity contribution >= 4 is 34.9 Å². The Morgan fingerprint density at radius 1 is 1.36 bits per heavy atom. The summed E-state index contributed by atoms with van der Waals surface area (Å²) in [4.78, 5) is 12.3. The Hall–Kier alpha value is -1.52. The van der Waals surface area contributed by atoms with E-state index in [2.05, 4.69) is 46.5 Å². The summed E-state index contributed by atoms with van der Waals surface area (Å²) < 4.78 is 2.24. The van der Waals surface area contributed by atoms with E-state index >= 15 is 0 Å². The first-order valence-corrected chi connectivity index (χ1v) is 7.91. The number of hydrogen-bond donors (Lipinski definition) is 2. The van der Waals surface area contributed by atoms with E-state index in [9.17, 15) is 4.79 Å². The van der Waals surface area contributed by atoms with Gasteiger partial charge in [0.15, 0.2) is 0 Å². The fraction of sp³-hybridized carbons (Fsp3) is 0.471. The Morgan fingerprint density at radius 2 is 2.23 bits per heavy atom. The van der Waals surface area contributed by atoms with Crippen LogP contribution in [0.1, 0.15) is 32.6 Å². The normalized spacial score (nSPS) is 18.0. The van der Waals surface area contributed by atoms with E-state index in [-0.39, 0.29) is 24.4 Å². The second-order valence-electron chi connectivity index (χ2n) is 5.77. The first-order chi connectivity index (χ1) is 10.3. The molecule has 22 heavy (non-hydrogen) atoms. The molecule has 4 nitrogen and oxygen atoms in total. The highest BCUT2D eigenvalue weighted by atomic mass is 35.5. The van der Waals surface area contributed by atoms with Gasteiger partial charge < -0.3 is 15.2 Å². The van der Waals surface area contributed by atoms with Crippen LogP contribution in [0.3, 0.4) is 0 Å². The summed E-state index contributed by atoms with van der Waals surface area (Å²) in [6, 6.07) is 8.22. The molecule has 2 heterocycles. The van der Waals surface area contributed by atoms with E-state index < -0.39 is 0 Å². The van der Waals surface area contributed by atoms with Crippen molar-refractivity contribution in [3.05, 3.63) is 30.5 Å². The highest BCUT2D eigenvalue weighted by Crippen LogP contribution is 2.21. The van der Waals surface area contributed by atoms with Crippen LogP contribution in [0.25, 0.3) is 10.9 Å². The van der Waals surface area contributed by atoms with Crippen LogP contribution in [0.2, 0.25) is 0 Å². The molecule has 1 atom stereocenters. The van der Waals surface area contributed by atoms with Crippen LogP contribution in [-0.2, 0) is 11.3 Å². The minimum Gasteiger partial charge on any atom is -0.347 e. The monoisotopic (exact) mass is 321 g/mol. The van der Waals surface area contributed by atoms with Crippen molar-refractivity contribution in [2.75, 3.05) is 11.9 Å². The van der Waals surface area contributed by atoms with Gasteiger partial charge in [-0.15, -0.1) is 12.4 Å². The number of halogens is 1. The number of nitrogens with one attached hydrogen (secondary N) is 2. The van der Waals surface area contributed by atoms with Gasteiger partial charge in [0.2, 0.25) is 5.91 Å². The Kier molecular flexibility index (Phi) is 5.86. The molecule has 0 bridgehead atoms. The molecule has 2 aromatic rings. The number of anilines is 1. The van der Waals surface area contributed by atoms with E-state index in [4.69, 9.17) is 0 Å². The van der Waals surface area contributed by atoms with Crippen LogP contribution in [0.15, 0.2) is 30.5 Å². The Morgan fingerprint density at radius 3 is 2.95 bits per heavy atom. The van der Waals surface area contributed by atoms with Crippen LogP contribution < -0.4 is 10.6 Å².